The average molecular weight is 501 g/mol. The molecule has 0 amide bonds. The summed E-state index contributed by atoms with van der Waals surface area (Å²) in [5.41, 5.74) is 6.94. The molecule has 4 heterocycles. The van der Waals surface area contributed by atoms with Gasteiger partial charge in [-0.3, -0.25) is 9.12 Å². The second-order valence-electron chi connectivity index (χ2n) is 7.05. The van der Waals surface area contributed by atoms with E-state index in [0.717, 1.165) is 6.07 Å². The van der Waals surface area contributed by atoms with E-state index in [1.807, 2.05) is 0 Å². The molecular weight excluding hydrogens is 487 g/mol. The number of nitrogen functional groups attached to an aromatic ring is 1. The van der Waals surface area contributed by atoms with Crippen molar-refractivity contribution < 1.29 is 17.5 Å². The fourth-order valence-corrected chi connectivity index (χ4v) is 4.86. The summed E-state index contributed by atoms with van der Waals surface area (Å²) in [5.74, 6) is -0.687. The number of hydrogen-bond donors (Lipinski definition) is 2. The second-order valence-corrected chi connectivity index (χ2v) is 9.14. The summed E-state index contributed by atoms with van der Waals surface area (Å²) in [5, 5.41) is 8.62. The minimum atomic E-state index is -4.17. The predicted molar refractivity (Wildman–Crippen MR) is 122 cm³/mol. The summed E-state index contributed by atoms with van der Waals surface area (Å²) in [6.07, 6.45) is 4.16. The SMILES string of the molecule is COc1ncc(Cl)cc1S(=O)(=O)Nc1ccc(F)c(-c2cc3cnc(N)nc3n3cnnc23)c1. The lowest BCUT2D eigenvalue weighted by molar-refractivity contribution is 0.385. The molecule has 34 heavy (non-hydrogen) atoms. The first kappa shape index (κ1) is 21.7. The van der Waals surface area contributed by atoms with Gasteiger partial charge in [-0.15, -0.1) is 10.2 Å². The summed E-state index contributed by atoms with van der Waals surface area (Å²) in [4.78, 5) is 11.8. The van der Waals surface area contributed by atoms with Crippen LogP contribution in [0, 0.1) is 5.82 Å². The molecule has 0 saturated heterocycles. The number of hydrogen-bond acceptors (Lipinski definition) is 9. The van der Waals surface area contributed by atoms with Gasteiger partial charge in [0, 0.05) is 34.6 Å². The van der Waals surface area contributed by atoms with Crippen molar-refractivity contribution in [3.8, 4) is 17.0 Å². The second kappa shape index (κ2) is 8.04. The summed E-state index contributed by atoms with van der Waals surface area (Å²) >= 11 is 5.92. The van der Waals surface area contributed by atoms with E-state index in [2.05, 4.69) is 29.9 Å². The molecule has 0 saturated carbocycles. The van der Waals surface area contributed by atoms with Crippen LogP contribution in [-0.4, -0.2) is 45.1 Å². The van der Waals surface area contributed by atoms with E-state index in [1.165, 1.54) is 44.0 Å². The molecule has 0 radical (unpaired) electrons. The third-order valence-corrected chi connectivity index (χ3v) is 6.49. The van der Waals surface area contributed by atoms with Gasteiger partial charge < -0.3 is 10.5 Å². The van der Waals surface area contributed by atoms with Gasteiger partial charge in [0.15, 0.2) is 16.2 Å². The van der Waals surface area contributed by atoms with Crippen LogP contribution >= 0.6 is 11.6 Å². The number of nitrogens with one attached hydrogen (secondary N) is 1. The zero-order chi connectivity index (χ0) is 24.0. The van der Waals surface area contributed by atoms with Crippen LogP contribution in [0.2, 0.25) is 5.02 Å². The van der Waals surface area contributed by atoms with Crippen LogP contribution in [0.1, 0.15) is 0 Å². The van der Waals surface area contributed by atoms with Crippen LogP contribution in [0.3, 0.4) is 0 Å². The Hall–Kier alpha value is -4.10. The van der Waals surface area contributed by atoms with Crippen molar-refractivity contribution in [1.29, 1.82) is 0 Å². The molecule has 0 aliphatic heterocycles. The Kier molecular flexibility index (Phi) is 5.14. The largest absolute Gasteiger partial charge is 0.480 e. The molecule has 172 valence electrons. The molecule has 1 aromatic carbocycles. The molecule has 0 atom stereocenters. The predicted octanol–water partition coefficient (Wildman–Crippen LogP) is 2.92. The van der Waals surface area contributed by atoms with Crippen molar-refractivity contribution in [3.05, 3.63) is 59.9 Å². The van der Waals surface area contributed by atoms with Gasteiger partial charge in [0.25, 0.3) is 10.0 Å². The van der Waals surface area contributed by atoms with Crippen LogP contribution in [0.5, 0.6) is 5.88 Å². The van der Waals surface area contributed by atoms with Crippen molar-refractivity contribution in [3.63, 3.8) is 0 Å². The zero-order valence-corrected chi connectivity index (χ0v) is 18.8. The van der Waals surface area contributed by atoms with Gasteiger partial charge >= 0.3 is 0 Å². The van der Waals surface area contributed by atoms with E-state index in [4.69, 9.17) is 22.1 Å². The summed E-state index contributed by atoms with van der Waals surface area (Å²) in [7, 11) is -2.89. The standard InChI is InChI=1S/C20H14ClFN8O3S/c1-33-19-16(5-11(21)8-24-19)34(31,32)29-12-2-3-15(22)13(6-12)14-4-10-7-25-20(23)27-17(10)30-9-26-28-18(14)30/h2-9,29H,1H3,(H2,23,25,27). The van der Waals surface area contributed by atoms with Crippen LogP contribution in [-0.2, 0) is 10.0 Å². The van der Waals surface area contributed by atoms with E-state index in [0.29, 0.717) is 22.2 Å². The Morgan fingerprint density at radius 1 is 1.12 bits per heavy atom. The fourth-order valence-electron chi connectivity index (χ4n) is 3.44. The number of nitrogens with two attached hydrogens (primary N) is 1. The number of pyridine rings is 2. The maximum atomic E-state index is 14.9. The number of fused-ring (bicyclic) bond motifs is 3. The highest BCUT2D eigenvalue weighted by atomic mass is 35.5. The molecule has 0 bridgehead atoms. The lowest BCUT2D eigenvalue weighted by Crippen LogP contribution is -2.15. The fraction of sp³-hybridized carbons (Fsp3) is 0.0500. The summed E-state index contributed by atoms with van der Waals surface area (Å²) in [6.45, 7) is 0. The molecule has 11 nitrogen and oxygen atoms in total. The van der Waals surface area contributed by atoms with Gasteiger partial charge in [-0.05, 0) is 30.3 Å². The van der Waals surface area contributed by atoms with E-state index < -0.39 is 15.8 Å². The topological polar surface area (TPSA) is 150 Å². The number of anilines is 2. The highest BCUT2D eigenvalue weighted by molar-refractivity contribution is 7.92. The van der Waals surface area contributed by atoms with Crippen molar-refractivity contribution in [1.82, 2.24) is 29.5 Å². The quantitative estimate of drug-likeness (QED) is 0.371. The number of nitrogens with zero attached hydrogens (tertiary/aromatic N) is 6. The first-order chi connectivity index (χ1) is 16.3. The minimum absolute atomic E-state index is 0.0590. The molecule has 0 aliphatic carbocycles. The molecule has 0 unspecified atom stereocenters. The number of benzene rings is 1. The van der Waals surface area contributed by atoms with Gasteiger partial charge in [-0.1, -0.05) is 11.6 Å². The highest BCUT2D eigenvalue weighted by Crippen LogP contribution is 2.33. The molecule has 5 rings (SSSR count). The molecule has 0 aliphatic rings. The van der Waals surface area contributed by atoms with Crippen molar-refractivity contribution >= 4 is 49.9 Å². The third kappa shape index (κ3) is 3.70. The van der Waals surface area contributed by atoms with Crippen LogP contribution in [0.4, 0.5) is 16.0 Å². The molecule has 5 aromatic rings. The number of methoxy groups -OCH3 is 1. The molecule has 3 N–H and O–H groups in total. The first-order valence-electron chi connectivity index (χ1n) is 9.54. The van der Waals surface area contributed by atoms with E-state index in [-0.39, 0.29) is 33.0 Å². The summed E-state index contributed by atoms with van der Waals surface area (Å²) < 4.78 is 49.9. The maximum Gasteiger partial charge on any atom is 0.267 e. The number of halogens is 2. The van der Waals surface area contributed by atoms with Gasteiger partial charge in [-0.25, -0.2) is 22.8 Å². The van der Waals surface area contributed by atoms with Gasteiger partial charge in [0.05, 0.1) is 12.1 Å². The lowest BCUT2D eigenvalue weighted by Gasteiger charge is -2.13. The molecular formula is C20H14ClFN8O3S. The molecule has 4 aromatic heterocycles. The molecule has 0 spiro atoms. The van der Waals surface area contributed by atoms with Crippen LogP contribution in [0.25, 0.3) is 27.8 Å². The lowest BCUT2D eigenvalue weighted by atomic mass is 10.0. The van der Waals surface area contributed by atoms with Crippen molar-refractivity contribution in [2.75, 3.05) is 17.6 Å². The van der Waals surface area contributed by atoms with Crippen molar-refractivity contribution in [2.45, 2.75) is 4.90 Å². The monoisotopic (exact) mass is 500 g/mol. The van der Waals surface area contributed by atoms with E-state index >= 15 is 0 Å². The van der Waals surface area contributed by atoms with Crippen molar-refractivity contribution in [2.24, 2.45) is 0 Å². The maximum absolute atomic E-state index is 14.9. The molecule has 14 heteroatoms. The average Bonchev–Trinajstić information content (AvgIpc) is 3.30. The Bertz CT molecular complexity index is 1690. The Balaban J connectivity index is 1.63. The van der Waals surface area contributed by atoms with E-state index in [9.17, 15) is 12.8 Å². The number of aromatic nitrogens is 6. The number of rotatable bonds is 5. The number of ether oxygens (including phenoxy) is 1. The van der Waals surface area contributed by atoms with Crippen LogP contribution < -0.4 is 15.2 Å². The highest BCUT2D eigenvalue weighted by Gasteiger charge is 2.23. The normalized spacial score (nSPS) is 11.7. The molecule has 0 fully saturated rings. The van der Waals surface area contributed by atoms with Gasteiger partial charge in [-0.2, -0.15) is 4.98 Å². The van der Waals surface area contributed by atoms with Gasteiger partial charge in [0.1, 0.15) is 12.1 Å². The third-order valence-electron chi connectivity index (χ3n) is 4.91. The zero-order valence-electron chi connectivity index (χ0n) is 17.3. The Labute approximate surface area is 196 Å². The first-order valence-corrected chi connectivity index (χ1v) is 11.4. The Morgan fingerprint density at radius 2 is 1.94 bits per heavy atom. The minimum Gasteiger partial charge on any atom is -0.480 e. The Morgan fingerprint density at radius 3 is 2.74 bits per heavy atom. The smallest absolute Gasteiger partial charge is 0.267 e. The number of sulfonamides is 1. The summed E-state index contributed by atoms with van der Waals surface area (Å²) in [6, 6.07) is 6.59. The van der Waals surface area contributed by atoms with Crippen LogP contribution in [0.15, 0.2) is 53.9 Å². The van der Waals surface area contributed by atoms with E-state index in [1.54, 1.807) is 10.5 Å². The van der Waals surface area contributed by atoms with Gasteiger partial charge in [0.2, 0.25) is 11.8 Å².